The van der Waals surface area contributed by atoms with Crippen molar-refractivity contribution in [3.8, 4) is 0 Å². The van der Waals surface area contributed by atoms with Gasteiger partial charge in [-0.2, -0.15) is 0 Å². The summed E-state index contributed by atoms with van der Waals surface area (Å²) in [5.41, 5.74) is 11.8. The van der Waals surface area contributed by atoms with Crippen LogP contribution in [0.15, 0.2) is 48.5 Å². The van der Waals surface area contributed by atoms with Crippen molar-refractivity contribution >= 4 is 28.7 Å². The first-order chi connectivity index (χ1) is 11.1. The van der Waals surface area contributed by atoms with E-state index in [1.807, 2.05) is 42.5 Å². The first-order valence-electron chi connectivity index (χ1n) is 7.09. The zero-order valence-electron chi connectivity index (χ0n) is 12.3. The Balaban J connectivity index is 1.74. The minimum atomic E-state index is -0.560. The monoisotopic (exact) mass is 308 g/mol. The molecular weight excluding hydrogens is 292 g/mol. The van der Waals surface area contributed by atoms with Gasteiger partial charge in [-0.3, -0.25) is 10.0 Å². The molecule has 6 heteroatoms. The maximum absolute atomic E-state index is 10.9. The van der Waals surface area contributed by atoms with Crippen LogP contribution in [0.2, 0.25) is 0 Å². The smallest absolute Gasteiger partial charge is 0.267 e. The summed E-state index contributed by atoms with van der Waals surface area (Å²) < 4.78 is 0. The maximum atomic E-state index is 10.9. The van der Waals surface area contributed by atoms with Crippen LogP contribution in [0, 0.1) is 0 Å². The molecule has 1 aromatic heterocycles. The predicted octanol–water partition coefficient (Wildman–Crippen LogP) is 2.25. The number of carbonyl (C=O) groups is 1. The number of nitrogens with one attached hydrogen (secondary N) is 2. The lowest BCUT2D eigenvalue weighted by Gasteiger charge is -1.99. The summed E-state index contributed by atoms with van der Waals surface area (Å²) in [4.78, 5) is 18.7. The summed E-state index contributed by atoms with van der Waals surface area (Å²) in [6, 6.07) is 13.3. The van der Waals surface area contributed by atoms with Crippen LogP contribution < -0.4 is 11.2 Å². The van der Waals surface area contributed by atoms with Crippen molar-refractivity contribution in [1.29, 1.82) is 0 Å². The molecule has 0 aliphatic carbocycles. The highest BCUT2D eigenvalue weighted by Gasteiger charge is 2.04. The van der Waals surface area contributed by atoms with Gasteiger partial charge in [-0.1, -0.05) is 24.3 Å². The minimum Gasteiger partial charge on any atom is -0.399 e. The van der Waals surface area contributed by atoms with Crippen molar-refractivity contribution in [1.82, 2.24) is 15.4 Å². The lowest BCUT2D eigenvalue weighted by Crippen LogP contribution is -2.14. The molecule has 0 aliphatic rings. The molecule has 0 spiro atoms. The molecule has 116 valence electrons. The number of nitrogen functional groups attached to an aromatic ring is 1. The molecule has 5 N–H and O–H groups in total. The lowest BCUT2D eigenvalue weighted by atomic mass is 10.1. The number of nitrogens with zero attached hydrogens (tertiary/aromatic N) is 1. The Kier molecular flexibility index (Phi) is 4.07. The number of imidazole rings is 1. The Hall–Kier alpha value is -3.12. The van der Waals surface area contributed by atoms with Crippen molar-refractivity contribution in [2.45, 2.75) is 6.42 Å². The Morgan fingerprint density at radius 3 is 2.78 bits per heavy atom. The Morgan fingerprint density at radius 2 is 2.04 bits per heavy atom. The molecule has 3 rings (SSSR count). The molecule has 23 heavy (non-hydrogen) atoms. The number of amides is 1. The van der Waals surface area contributed by atoms with Crippen molar-refractivity contribution < 1.29 is 10.0 Å². The van der Waals surface area contributed by atoms with Gasteiger partial charge >= 0.3 is 0 Å². The molecule has 0 unspecified atom stereocenters. The van der Waals surface area contributed by atoms with E-state index in [4.69, 9.17) is 10.9 Å². The second-order valence-corrected chi connectivity index (χ2v) is 5.19. The van der Waals surface area contributed by atoms with E-state index in [1.54, 1.807) is 11.6 Å². The minimum absolute atomic E-state index is 0.560. The van der Waals surface area contributed by atoms with Gasteiger partial charge in [-0.15, -0.1) is 0 Å². The molecule has 0 atom stereocenters. The van der Waals surface area contributed by atoms with Gasteiger partial charge in [0.25, 0.3) is 5.91 Å². The third kappa shape index (κ3) is 3.56. The standard InChI is InChI=1S/C17H16N4O2/c18-13-6-7-14-15(10-13)20-16(19-14)9-12-3-1-11(2-4-12)5-8-17(22)21-23/h1-8,10,23H,9,18H2,(H,19,20)(H,21,22)/b8-5+. The Morgan fingerprint density at radius 1 is 1.26 bits per heavy atom. The molecule has 2 aromatic carbocycles. The van der Waals surface area contributed by atoms with Gasteiger partial charge in [0, 0.05) is 18.2 Å². The molecular formula is C17H16N4O2. The third-order valence-corrected chi connectivity index (χ3v) is 3.44. The van der Waals surface area contributed by atoms with Crippen LogP contribution >= 0.6 is 0 Å². The van der Waals surface area contributed by atoms with Crippen molar-refractivity contribution in [3.63, 3.8) is 0 Å². The number of hydrogen-bond donors (Lipinski definition) is 4. The number of carbonyl (C=O) groups excluding carboxylic acids is 1. The van der Waals surface area contributed by atoms with Crippen LogP contribution in [0.5, 0.6) is 0 Å². The molecule has 0 aliphatic heterocycles. The number of aromatic nitrogens is 2. The van der Waals surface area contributed by atoms with Gasteiger partial charge in [-0.25, -0.2) is 10.5 Å². The fourth-order valence-corrected chi connectivity index (χ4v) is 2.31. The highest BCUT2D eigenvalue weighted by molar-refractivity contribution is 5.90. The topological polar surface area (TPSA) is 104 Å². The van der Waals surface area contributed by atoms with E-state index in [2.05, 4.69) is 9.97 Å². The Labute approximate surface area is 132 Å². The van der Waals surface area contributed by atoms with Gasteiger partial charge in [0.05, 0.1) is 11.0 Å². The predicted molar refractivity (Wildman–Crippen MR) is 88.7 cm³/mol. The van der Waals surface area contributed by atoms with Crippen LogP contribution in [0.3, 0.4) is 0 Å². The van der Waals surface area contributed by atoms with E-state index in [-0.39, 0.29) is 0 Å². The van der Waals surface area contributed by atoms with Gasteiger partial charge in [0.2, 0.25) is 0 Å². The number of hydroxylamine groups is 1. The zero-order chi connectivity index (χ0) is 16.2. The number of benzene rings is 2. The number of rotatable bonds is 4. The average molecular weight is 308 g/mol. The van der Waals surface area contributed by atoms with Gasteiger partial charge in [-0.05, 0) is 35.4 Å². The van der Waals surface area contributed by atoms with Crippen molar-refractivity contribution in [2.75, 3.05) is 5.73 Å². The first-order valence-corrected chi connectivity index (χ1v) is 7.09. The quantitative estimate of drug-likeness (QED) is 0.257. The number of fused-ring (bicyclic) bond motifs is 1. The molecule has 0 saturated heterocycles. The fraction of sp³-hybridized carbons (Fsp3) is 0.0588. The fourth-order valence-electron chi connectivity index (χ4n) is 2.31. The normalized spacial score (nSPS) is 11.2. The molecule has 0 bridgehead atoms. The number of aromatic amines is 1. The van der Waals surface area contributed by atoms with E-state index < -0.39 is 5.91 Å². The van der Waals surface area contributed by atoms with E-state index in [0.29, 0.717) is 12.1 Å². The van der Waals surface area contributed by atoms with Crippen molar-refractivity contribution in [2.24, 2.45) is 0 Å². The third-order valence-electron chi connectivity index (χ3n) is 3.44. The molecule has 3 aromatic rings. The van der Waals surface area contributed by atoms with Gasteiger partial charge in [0.1, 0.15) is 5.82 Å². The van der Waals surface area contributed by atoms with Crippen LogP contribution in [-0.4, -0.2) is 21.1 Å². The van der Waals surface area contributed by atoms with Crippen LogP contribution in [0.25, 0.3) is 17.1 Å². The van der Waals surface area contributed by atoms with Gasteiger partial charge < -0.3 is 10.7 Å². The Bertz CT molecular complexity index is 866. The highest BCUT2D eigenvalue weighted by Crippen LogP contribution is 2.17. The molecule has 0 fully saturated rings. The van der Waals surface area contributed by atoms with E-state index in [1.165, 1.54) is 6.08 Å². The van der Waals surface area contributed by atoms with E-state index in [9.17, 15) is 4.79 Å². The summed E-state index contributed by atoms with van der Waals surface area (Å²) in [7, 11) is 0. The average Bonchev–Trinajstić information content (AvgIpc) is 2.95. The van der Waals surface area contributed by atoms with Crippen LogP contribution in [0.4, 0.5) is 5.69 Å². The van der Waals surface area contributed by atoms with Crippen molar-refractivity contribution in [3.05, 3.63) is 65.5 Å². The summed E-state index contributed by atoms with van der Waals surface area (Å²) in [5.74, 6) is 0.309. The molecule has 0 saturated carbocycles. The number of anilines is 1. The van der Waals surface area contributed by atoms with Crippen LogP contribution in [0.1, 0.15) is 17.0 Å². The number of H-pyrrole nitrogens is 1. The SMILES string of the molecule is Nc1ccc2[nH]c(Cc3ccc(/C=C/C(=O)NO)cc3)nc2c1. The van der Waals surface area contributed by atoms with E-state index >= 15 is 0 Å². The largest absolute Gasteiger partial charge is 0.399 e. The first kappa shape index (κ1) is 14.8. The summed E-state index contributed by atoms with van der Waals surface area (Å²) in [6.07, 6.45) is 3.56. The summed E-state index contributed by atoms with van der Waals surface area (Å²) in [6.45, 7) is 0. The second-order valence-electron chi connectivity index (χ2n) is 5.19. The maximum Gasteiger partial charge on any atom is 0.267 e. The second kappa shape index (κ2) is 6.33. The molecule has 1 heterocycles. The lowest BCUT2D eigenvalue weighted by molar-refractivity contribution is -0.124. The highest BCUT2D eigenvalue weighted by atomic mass is 16.5. The van der Waals surface area contributed by atoms with E-state index in [0.717, 1.165) is 28.0 Å². The van der Waals surface area contributed by atoms with Gasteiger partial charge in [0.15, 0.2) is 0 Å². The molecule has 6 nitrogen and oxygen atoms in total. The number of nitrogens with two attached hydrogens (primary N) is 1. The summed E-state index contributed by atoms with van der Waals surface area (Å²) >= 11 is 0. The molecule has 1 amide bonds. The van der Waals surface area contributed by atoms with Crippen LogP contribution in [-0.2, 0) is 11.2 Å². The summed E-state index contributed by atoms with van der Waals surface area (Å²) in [5, 5.41) is 8.43. The number of hydrogen-bond acceptors (Lipinski definition) is 4. The zero-order valence-corrected chi connectivity index (χ0v) is 12.3. The molecule has 0 radical (unpaired) electrons.